The number of carboxylic acids is 1. The molecule has 8 heteroatoms. The largest absolute Gasteiger partial charge is 0.481 e. The number of nitrogens with zero attached hydrogens (tertiary/aromatic N) is 3. The molecule has 32 heavy (non-hydrogen) atoms. The number of aryl methyl sites for hydroxylation is 1. The van der Waals surface area contributed by atoms with E-state index in [1.54, 1.807) is 45.4 Å². The number of aromatic nitrogens is 3. The molecule has 174 valence electrons. The molecule has 2 aromatic heterocycles. The zero-order valence-electron chi connectivity index (χ0n) is 19.2. The average molecular weight is 443 g/mol. The van der Waals surface area contributed by atoms with E-state index in [0.29, 0.717) is 11.5 Å². The van der Waals surface area contributed by atoms with Crippen molar-refractivity contribution in [1.82, 2.24) is 14.5 Å². The Labute approximate surface area is 189 Å². The number of carbonyl (C=O) groups is 2. The van der Waals surface area contributed by atoms with Crippen molar-refractivity contribution >= 4 is 17.9 Å². The molecule has 0 radical (unpaired) electrons. The summed E-state index contributed by atoms with van der Waals surface area (Å²) in [6, 6.07) is 3.40. The van der Waals surface area contributed by atoms with Gasteiger partial charge in [-0.3, -0.25) is 10.1 Å². The van der Waals surface area contributed by atoms with E-state index in [1.165, 1.54) is 32.1 Å². The molecule has 3 rings (SSSR count). The second kappa shape index (κ2) is 10.6. The normalized spacial score (nSPS) is 15.8. The van der Waals surface area contributed by atoms with E-state index in [-0.39, 0.29) is 6.42 Å². The molecule has 1 atom stereocenters. The summed E-state index contributed by atoms with van der Waals surface area (Å²) in [6.45, 7) is 6.22. The fourth-order valence-corrected chi connectivity index (χ4v) is 4.07. The van der Waals surface area contributed by atoms with Crippen molar-refractivity contribution in [2.75, 3.05) is 5.32 Å². The van der Waals surface area contributed by atoms with E-state index in [0.717, 1.165) is 24.4 Å². The number of ether oxygens (including phenoxy) is 1. The Morgan fingerprint density at radius 2 is 1.97 bits per heavy atom. The Morgan fingerprint density at radius 1 is 1.22 bits per heavy atom. The fourth-order valence-electron chi connectivity index (χ4n) is 4.07. The van der Waals surface area contributed by atoms with Gasteiger partial charge in [-0.2, -0.15) is 0 Å². The highest BCUT2D eigenvalue weighted by atomic mass is 16.6. The van der Waals surface area contributed by atoms with Crippen LogP contribution in [0.15, 0.2) is 30.9 Å². The minimum atomic E-state index is -0.918. The van der Waals surface area contributed by atoms with Crippen LogP contribution in [0.4, 0.5) is 10.6 Å². The van der Waals surface area contributed by atoms with Crippen LogP contribution in [0, 0.1) is 5.92 Å². The number of rotatable bonds is 8. The van der Waals surface area contributed by atoms with Crippen LogP contribution in [0.2, 0.25) is 0 Å². The van der Waals surface area contributed by atoms with Gasteiger partial charge in [-0.15, -0.1) is 0 Å². The van der Waals surface area contributed by atoms with E-state index >= 15 is 0 Å². The molecule has 0 spiro atoms. The SMILES string of the molecule is CC(C)(C)OC(=O)Nc1ccc(C[C@@H](C(=O)O)c2cn(CCC3CCCCC3)cn2)cn1. The number of anilines is 1. The fraction of sp³-hybridized carbons (Fsp3) is 0.583. The van der Waals surface area contributed by atoms with Crippen LogP contribution in [-0.2, 0) is 22.5 Å². The summed E-state index contributed by atoms with van der Waals surface area (Å²) in [6.07, 6.45) is 12.5. The van der Waals surface area contributed by atoms with Crippen molar-refractivity contribution in [3.8, 4) is 0 Å². The molecular weight excluding hydrogens is 408 g/mol. The molecule has 1 aliphatic rings. The van der Waals surface area contributed by atoms with Crippen LogP contribution < -0.4 is 5.32 Å². The van der Waals surface area contributed by atoms with E-state index in [9.17, 15) is 14.7 Å². The van der Waals surface area contributed by atoms with E-state index in [1.807, 2.05) is 10.8 Å². The summed E-state index contributed by atoms with van der Waals surface area (Å²) in [5, 5.41) is 12.3. The van der Waals surface area contributed by atoms with Gasteiger partial charge in [0.2, 0.25) is 0 Å². The molecule has 0 unspecified atom stereocenters. The minimum absolute atomic E-state index is 0.273. The first-order valence-electron chi connectivity index (χ1n) is 11.4. The summed E-state index contributed by atoms with van der Waals surface area (Å²) in [5.41, 5.74) is 0.708. The van der Waals surface area contributed by atoms with Crippen molar-refractivity contribution < 1.29 is 19.4 Å². The smallest absolute Gasteiger partial charge is 0.413 e. The first kappa shape index (κ1) is 23.8. The molecule has 0 bridgehead atoms. The summed E-state index contributed by atoms with van der Waals surface area (Å²) < 4.78 is 7.21. The highest BCUT2D eigenvalue weighted by Gasteiger charge is 2.24. The van der Waals surface area contributed by atoms with Gasteiger partial charge < -0.3 is 14.4 Å². The van der Waals surface area contributed by atoms with E-state index < -0.39 is 23.6 Å². The lowest BCUT2D eigenvalue weighted by atomic mass is 9.87. The maximum Gasteiger partial charge on any atom is 0.413 e. The lowest BCUT2D eigenvalue weighted by molar-refractivity contribution is -0.138. The number of carboxylic acid groups (broad SMARTS) is 1. The monoisotopic (exact) mass is 442 g/mol. The number of aliphatic carboxylic acids is 1. The molecule has 2 N–H and O–H groups in total. The molecule has 1 aliphatic carbocycles. The molecule has 1 saturated carbocycles. The van der Waals surface area contributed by atoms with Crippen molar-refractivity contribution in [3.63, 3.8) is 0 Å². The van der Waals surface area contributed by atoms with Gasteiger partial charge in [0, 0.05) is 18.9 Å². The number of nitrogens with one attached hydrogen (secondary N) is 1. The van der Waals surface area contributed by atoms with Crippen LogP contribution in [0.1, 0.15) is 76.5 Å². The number of carbonyl (C=O) groups excluding carboxylic acids is 1. The maximum atomic E-state index is 11.9. The highest BCUT2D eigenvalue weighted by molar-refractivity contribution is 5.83. The zero-order valence-corrected chi connectivity index (χ0v) is 19.2. The van der Waals surface area contributed by atoms with Gasteiger partial charge in [-0.05, 0) is 51.2 Å². The third kappa shape index (κ3) is 7.35. The predicted octanol–water partition coefficient (Wildman–Crippen LogP) is 5.01. The van der Waals surface area contributed by atoms with Crippen LogP contribution in [0.3, 0.4) is 0 Å². The lowest BCUT2D eigenvalue weighted by Crippen LogP contribution is -2.27. The summed E-state index contributed by atoms with van der Waals surface area (Å²) in [7, 11) is 0. The molecular formula is C24H34N4O4. The van der Waals surface area contributed by atoms with Crippen molar-refractivity contribution in [1.29, 1.82) is 0 Å². The van der Waals surface area contributed by atoms with Crippen molar-refractivity contribution in [3.05, 3.63) is 42.1 Å². The number of hydrogen-bond donors (Lipinski definition) is 2. The number of hydrogen-bond acceptors (Lipinski definition) is 5. The van der Waals surface area contributed by atoms with Gasteiger partial charge in [0.05, 0.1) is 12.0 Å². The van der Waals surface area contributed by atoms with Crippen LogP contribution in [-0.4, -0.2) is 37.3 Å². The van der Waals surface area contributed by atoms with Crippen molar-refractivity contribution in [2.24, 2.45) is 5.92 Å². The number of pyridine rings is 1. The molecule has 1 fully saturated rings. The standard InChI is InChI=1S/C24H34N4O4/c1-24(2,3)32-23(31)27-21-10-9-18(14-25-21)13-19(22(29)30)20-15-28(16-26-20)12-11-17-7-5-4-6-8-17/h9-10,14-17,19H,4-8,11-13H2,1-3H3,(H,29,30)(H,25,27,31)/t19-/m1/s1. The summed E-state index contributed by atoms with van der Waals surface area (Å²) >= 11 is 0. The van der Waals surface area contributed by atoms with Gasteiger partial charge in [-0.1, -0.05) is 38.2 Å². The van der Waals surface area contributed by atoms with Gasteiger partial charge in [-0.25, -0.2) is 14.8 Å². The van der Waals surface area contributed by atoms with Crippen LogP contribution >= 0.6 is 0 Å². The quantitative estimate of drug-likeness (QED) is 0.595. The topological polar surface area (TPSA) is 106 Å². The lowest BCUT2D eigenvalue weighted by Gasteiger charge is -2.21. The van der Waals surface area contributed by atoms with Gasteiger partial charge in [0.25, 0.3) is 0 Å². The summed E-state index contributed by atoms with van der Waals surface area (Å²) in [5.74, 6) is -0.554. The Hall–Kier alpha value is -2.90. The Kier molecular flexibility index (Phi) is 7.88. The Balaban J connectivity index is 1.57. The van der Waals surface area contributed by atoms with Gasteiger partial charge in [0.15, 0.2) is 0 Å². The first-order valence-corrected chi connectivity index (χ1v) is 11.4. The summed E-state index contributed by atoms with van der Waals surface area (Å²) in [4.78, 5) is 32.4. The van der Waals surface area contributed by atoms with Crippen molar-refractivity contribution in [2.45, 2.75) is 83.8 Å². The van der Waals surface area contributed by atoms with Crippen LogP contribution in [0.25, 0.3) is 0 Å². The molecule has 1 amide bonds. The second-order valence-corrected chi connectivity index (χ2v) is 9.60. The second-order valence-electron chi connectivity index (χ2n) is 9.60. The molecule has 0 aromatic carbocycles. The molecule has 2 aromatic rings. The minimum Gasteiger partial charge on any atom is -0.481 e. The Morgan fingerprint density at radius 3 is 2.59 bits per heavy atom. The third-order valence-corrected chi connectivity index (χ3v) is 5.72. The van der Waals surface area contributed by atoms with E-state index in [2.05, 4.69) is 15.3 Å². The number of amides is 1. The molecule has 2 heterocycles. The first-order chi connectivity index (χ1) is 15.2. The number of imidazole rings is 1. The molecule has 0 saturated heterocycles. The highest BCUT2D eigenvalue weighted by Crippen LogP contribution is 2.27. The van der Waals surface area contributed by atoms with Gasteiger partial charge >= 0.3 is 12.1 Å². The van der Waals surface area contributed by atoms with Crippen LogP contribution in [0.5, 0.6) is 0 Å². The van der Waals surface area contributed by atoms with E-state index in [4.69, 9.17) is 4.74 Å². The zero-order chi connectivity index (χ0) is 23.1. The Bertz CT molecular complexity index is 895. The third-order valence-electron chi connectivity index (χ3n) is 5.72. The average Bonchev–Trinajstić information content (AvgIpc) is 3.19. The molecule has 8 nitrogen and oxygen atoms in total. The maximum absolute atomic E-state index is 11.9. The predicted molar refractivity (Wildman–Crippen MR) is 122 cm³/mol. The van der Waals surface area contributed by atoms with Gasteiger partial charge in [0.1, 0.15) is 17.3 Å². The molecule has 0 aliphatic heterocycles.